The molecule has 84 valence electrons. The fraction of sp³-hybridized carbons (Fsp3) is 0.800. The molecular weight excluding hydrogens is 210 g/mol. The molecule has 1 heterocycles. The first-order valence-electron chi connectivity index (χ1n) is 5.51. The number of hydrogen-bond acceptors (Lipinski definition) is 5. The van der Waals surface area contributed by atoms with Crippen LogP contribution < -0.4 is 5.32 Å². The molecule has 1 N–H and O–H groups in total. The van der Waals surface area contributed by atoms with Crippen LogP contribution in [0.2, 0.25) is 0 Å². The van der Waals surface area contributed by atoms with E-state index >= 15 is 0 Å². The van der Waals surface area contributed by atoms with E-state index in [9.17, 15) is 0 Å². The molecule has 0 atom stereocenters. The van der Waals surface area contributed by atoms with Gasteiger partial charge in [-0.2, -0.15) is 0 Å². The minimum atomic E-state index is 0.737. The Morgan fingerprint density at radius 1 is 1.40 bits per heavy atom. The van der Waals surface area contributed by atoms with Crippen LogP contribution in [0.15, 0.2) is 0 Å². The van der Waals surface area contributed by atoms with E-state index in [2.05, 4.69) is 15.5 Å². The van der Waals surface area contributed by atoms with Gasteiger partial charge in [-0.05, 0) is 19.8 Å². The smallest absolute Gasteiger partial charge is 0.131 e. The van der Waals surface area contributed by atoms with Crippen molar-refractivity contribution in [2.75, 3.05) is 13.2 Å². The highest BCUT2D eigenvalue weighted by atomic mass is 32.1. The minimum absolute atomic E-state index is 0.737. The van der Waals surface area contributed by atoms with Crippen LogP contribution in [0.3, 0.4) is 0 Å². The van der Waals surface area contributed by atoms with Crippen molar-refractivity contribution in [3.63, 3.8) is 0 Å². The van der Waals surface area contributed by atoms with Crippen LogP contribution in [0, 0.1) is 0 Å². The third-order valence-electron chi connectivity index (χ3n) is 2.29. The topological polar surface area (TPSA) is 47.0 Å². The van der Waals surface area contributed by atoms with Gasteiger partial charge in [0.2, 0.25) is 0 Å². The molecule has 0 bridgehead atoms. The maximum absolute atomic E-state index is 5.28. The minimum Gasteiger partial charge on any atom is -0.381 e. The Kier molecular flexibility index (Phi) is 4.05. The van der Waals surface area contributed by atoms with Gasteiger partial charge in [-0.25, -0.2) is 0 Å². The second-order valence-corrected chi connectivity index (χ2v) is 4.84. The van der Waals surface area contributed by atoms with E-state index in [1.165, 1.54) is 12.8 Å². The fourth-order valence-electron chi connectivity index (χ4n) is 1.28. The average Bonchev–Trinajstić information content (AvgIpc) is 2.97. The average molecular weight is 227 g/mol. The molecule has 4 nitrogen and oxygen atoms in total. The molecule has 15 heavy (non-hydrogen) atoms. The zero-order valence-corrected chi connectivity index (χ0v) is 9.85. The zero-order valence-electron chi connectivity index (χ0n) is 9.03. The summed E-state index contributed by atoms with van der Waals surface area (Å²) >= 11 is 1.69. The summed E-state index contributed by atoms with van der Waals surface area (Å²) in [5.74, 6) is 0. The predicted molar refractivity (Wildman–Crippen MR) is 60.0 cm³/mol. The lowest BCUT2D eigenvalue weighted by molar-refractivity contribution is 0.150. The van der Waals surface area contributed by atoms with E-state index in [1.807, 2.05) is 6.92 Å². The molecule has 0 aromatic carbocycles. The van der Waals surface area contributed by atoms with Crippen LogP contribution in [0.4, 0.5) is 0 Å². The van der Waals surface area contributed by atoms with Crippen molar-refractivity contribution in [1.82, 2.24) is 15.5 Å². The van der Waals surface area contributed by atoms with Gasteiger partial charge in [0.05, 0.1) is 6.61 Å². The Hall–Kier alpha value is -0.520. The summed E-state index contributed by atoms with van der Waals surface area (Å²) in [6.07, 6.45) is 3.51. The molecule has 1 aromatic rings. The first-order chi connectivity index (χ1) is 7.38. The van der Waals surface area contributed by atoms with Crippen molar-refractivity contribution >= 4 is 11.3 Å². The van der Waals surface area contributed by atoms with Crippen molar-refractivity contribution < 1.29 is 4.74 Å². The normalized spacial score (nSPS) is 15.8. The molecule has 1 aliphatic carbocycles. The first-order valence-corrected chi connectivity index (χ1v) is 6.32. The summed E-state index contributed by atoms with van der Waals surface area (Å²) in [5.41, 5.74) is 0. The van der Waals surface area contributed by atoms with Crippen molar-refractivity contribution in [3.8, 4) is 0 Å². The van der Waals surface area contributed by atoms with Gasteiger partial charge in [0.25, 0.3) is 0 Å². The standard InChI is InChI=1S/C10H17N3OS/c1-2-14-6-5-9-12-13-10(15-9)7-11-8-3-4-8/h8,11H,2-7H2,1H3. The van der Waals surface area contributed by atoms with E-state index in [4.69, 9.17) is 4.74 Å². The Morgan fingerprint density at radius 3 is 2.93 bits per heavy atom. The van der Waals surface area contributed by atoms with E-state index in [0.717, 1.165) is 42.2 Å². The molecule has 0 spiro atoms. The molecule has 0 radical (unpaired) electrons. The van der Waals surface area contributed by atoms with Crippen LogP contribution in [0.1, 0.15) is 29.8 Å². The van der Waals surface area contributed by atoms with Crippen LogP contribution in [-0.2, 0) is 17.7 Å². The lowest BCUT2D eigenvalue weighted by atomic mass is 10.5. The molecule has 0 amide bonds. The van der Waals surface area contributed by atoms with E-state index in [1.54, 1.807) is 11.3 Å². The zero-order chi connectivity index (χ0) is 10.5. The molecule has 0 saturated heterocycles. The van der Waals surface area contributed by atoms with E-state index in [-0.39, 0.29) is 0 Å². The second-order valence-electron chi connectivity index (χ2n) is 3.69. The fourth-order valence-corrected chi connectivity index (χ4v) is 2.06. The SMILES string of the molecule is CCOCCc1nnc(CNC2CC2)s1. The Bertz CT molecular complexity index is 299. The number of rotatable bonds is 7. The van der Waals surface area contributed by atoms with Gasteiger partial charge in [0, 0.05) is 25.6 Å². The summed E-state index contributed by atoms with van der Waals surface area (Å²) in [6.45, 7) is 4.40. The highest BCUT2D eigenvalue weighted by Crippen LogP contribution is 2.20. The molecule has 1 aliphatic rings. The highest BCUT2D eigenvalue weighted by molar-refractivity contribution is 7.11. The van der Waals surface area contributed by atoms with Crippen molar-refractivity contribution in [1.29, 1.82) is 0 Å². The quantitative estimate of drug-likeness (QED) is 0.715. The Labute approximate surface area is 94.1 Å². The number of hydrogen-bond donors (Lipinski definition) is 1. The maximum atomic E-state index is 5.28. The van der Waals surface area contributed by atoms with Crippen LogP contribution in [-0.4, -0.2) is 29.5 Å². The van der Waals surface area contributed by atoms with Gasteiger partial charge in [-0.1, -0.05) is 0 Å². The van der Waals surface area contributed by atoms with Crippen LogP contribution >= 0.6 is 11.3 Å². The van der Waals surface area contributed by atoms with Gasteiger partial charge < -0.3 is 10.1 Å². The van der Waals surface area contributed by atoms with Gasteiger partial charge >= 0.3 is 0 Å². The summed E-state index contributed by atoms with van der Waals surface area (Å²) < 4.78 is 5.28. The lowest BCUT2D eigenvalue weighted by Gasteiger charge is -1.96. The molecule has 2 rings (SSSR count). The highest BCUT2D eigenvalue weighted by Gasteiger charge is 2.20. The molecule has 1 aromatic heterocycles. The predicted octanol–water partition coefficient (Wildman–Crippen LogP) is 1.37. The molecule has 1 saturated carbocycles. The molecular formula is C10H17N3OS. The molecule has 5 heteroatoms. The summed E-state index contributed by atoms with van der Waals surface area (Å²) in [4.78, 5) is 0. The maximum Gasteiger partial charge on any atom is 0.131 e. The van der Waals surface area contributed by atoms with Gasteiger partial charge in [0.15, 0.2) is 0 Å². The third kappa shape index (κ3) is 3.85. The summed E-state index contributed by atoms with van der Waals surface area (Å²) in [7, 11) is 0. The van der Waals surface area contributed by atoms with Crippen LogP contribution in [0.25, 0.3) is 0 Å². The second kappa shape index (κ2) is 5.53. The summed E-state index contributed by atoms with van der Waals surface area (Å²) in [6, 6.07) is 0.737. The monoisotopic (exact) mass is 227 g/mol. The van der Waals surface area contributed by atoms with Crippen molar-refractivity contribution in [2.24, 2.45) is 0 Å². The number of ether oxygens (including phenoxy) is 1. The molecule has 1 fully saturated rings. The van der Waals surface area contributed by atoms with Gasteiger partial charge in [-0.15, -0.1) is 21.5 Å². The Morgan fingerprint density at radius 2 is 2.20 bits per heavy atom. The van der Waals surface area contributed by atoms with E-state index in [0.29, 0.717) is 0 Å². The number of nitrogens with one attached hydrogen (secondary N) is 1. The molecule has 0 aliphatic heterocycles. The largest absolute Gasteiger partial charge is 0.381 e. The number of aromatic nitrogens is 2. The van der Waals surface area contributed by atoms with Gasteiger partial charge in [0.1, 0.15) is 10.0 Å². The van der Waals surface area contributed by atoms with Crippen molar-refractivity contribution in [2.45, 2.75) is 38.8 Å². The first kappa shape index (κ1) is 11.0. The van der Waals surface area contributed by atoms with Gasteiger partial charge in [-0.3, -0.25) is 0 Å². The van der Waals surface area contributed by atoms with Crippen LogP contribution in [0.5, 0.6) is 0 Å². The van der Waals surface area contributed by atoms with Crippen molar-refractivity contribution in [3.05, 3.63) is 10.0 Å². The lowest BCUT2D eigenvalue weighted by Crippen LogP contribution is -2.14. The van der Waals surface area contributed by atoms with E-state index < -0.39 is 0 Å². The number of nitrogens with zero attached hydrogens (tertiary/aromatic N) is 2. The Balaban J connectivity index is 1.70. The third-order valence-corrected chi connectivity index (χ3v) is 3.28. The molecule has 0 unspecified atom stereocenters. The summed E-state index contributed by atoms with van der Waals surface area (Å²) in [5, 5.41) is 13.9.